The monoisotopic (exact) mass is 172 g/mol. The Bertz CT molecular complexity index is 182. The number of hydrogen-bond acceptors (Lipinski definition) is 3. The Morgan fingerprint density at radius 3 is 2.50 bits per heavy atom. The molecule has 0 amide bonds. The van der Waals surface area contributed by atoms with E-state index in [0.29, 0.717) is 0 Å². The van der Waals surface area contributed by atoms with Crippen LogP contribution in [0.2, 0.25) is 0 Å². The van der Waals surface area contributed by atoms with Gasteiger partial charge in [0.25, 0.3) is 0 Å². The highest BCUT2D eigenvalue weighted by Gasteiger charge is 2.41. The third-order valence-corrected chi connectivity index (χ3v) is 2.23. The van der Waals surface area contributed by atoms with Crippen molar-refractivity contribution in [3.8, 4) is 0 Å². The van der Waals surface area contributed by atoms with Crippen LogP contribution in [-0.4, -0.2) is 20.2 Å². The molecule has 1 heterocycles. The quantitative estimate of drug-likeness (QED) is 0.595. The minimum atomic E-state index is -0.876. The number of hydrogen-bond donors (Lipinski definition) is 0. The number of rotatable bonds is 2. The molecular weight excluding hydrogens is 156 g/mol. The maximum atomic E-state index is 5.50. The van der Waals surface area contributed by atoms with E-state index in [4.69, 9.17) is 14.2 Å². The highest BCUT2D eigenvalue weighted by Crippen LogP contribution is 2.33. The highest BCUT2D eigenvalue weighted by molar-refractivity contribution is 4.97. The van der Waals surface area contributed by atoms with Crippen molar-refractivity contribution in [1.29, 1.82) is 0 Å². The van der Waals surface area contributed by atoms with Gasteiger partial charge in [-0.25, -0.2) is 0 Å². The van der Waals surface area contributed by atoms with Crippen molar-refractivity contribution in [2.24, 2.45) is 5.92 Å². The summed E-state index contributed by atoms with van der Waals surface area (Å²) in [6.07, 6.45) is 2.97. The summed E-state index contributed by atoms with van der Waals surface area (Å²) < 4.78 is 16.0. The normalized spacial score (nSPS) is 27.7. The van der Waals surface area contributed by atoms with Crippen LogP contribution in [0.1, 0.15) is 20.3 Å². The Kier molecular flexibility index (Phi) is 2.75. The van der Waals surface area contributed by atoms with Crippen LogP contribution in [0.4, 0.5) is 0 Å². The average Bonchev–Trinajstić information content (AvgIpc) is 2.09. The lowest BCUT2D eigenvalue weighted by Gasteiger charge is -2.38. The fourth-order valence-electron chi connectivity index (χ4n) is 1.42. The summed E-state index contributed by atoms with van der Waals surface area (Å²) in [4.78, 5) is 0. The number of methoxy groups -OCH3 is 2. The van der Waals surface area contributed by atoms with Gasteiger partial charge in [-0.1, -0.05) is 6.92 Å². The molecule has 0 aromatic rings. The minimum Gasteiger partial charge on any atom is -0.444 e. The van der Waals surface area contributed by atoms with Crippen LogP contribution in [0, 0.1) is 5.92 Å². The van der Waals surface area contributed by atoms with Crippen molar-refractivity contribution in [3.05, 3.63) is 11.8 Å². The molecule has 0 saturated heterocycles. The van der Waals surface area contributed by atoms with Gasteiger partial charge in [0.15, 0.2) is 0 Å². The fraction of sp³-hybridized carbons (Fsp3) is 0.778. The molecule has 3 nitrogen and oxygen atoms in total. The van der Waals surface area contributed by atoms with Crippen molar-refractivity contribution in [3.63, 3.8) is 0 Å². The molecular formula is C9H16O3. The van der Waals surface area contributed by atoms with E-state index in [2.05, 4.69) is 0 Å². The summed E-state index contributed by atoms with van der Waals surface area (Å²) in [7, 11) is 3.19. The van der Waals surface area contributed by atoms with E-state index in [1.165, 1.54) is 0 Å². The Morgan fingerprint density at radius 2 is 2.08 bits per heavy atom. The predicted molar refractivity (Wildman–Crippen MR) is 45.4 cm³/mol. The van der Waals surface area contributed by atoms with E-state index in [9.17, 15) is 0 Å². The zero-order valence-electron chi connectivity index (χ0n) is 8.09. The van der Waals surface area contributed by atoms with Gasteiger partial charge in [0.1, 0.15) is 0 Å². The van der Waals surface area contributed by atoms with Gasteiger partial charge in [0.2, 0.25) is 0 Å². The van der Waals surface area contributed by atoms with Gasteiger partial charge in [-0.05, 0) is 19.4 Å². The molecule has 70 valence electrons. The Balaban J connectivity index is 2.80. The van der Waals surface area contributed by atoms with E-state index in [-0.39, 0.29) is 5.92 Å². The molecule has 0 aliphatic carbocycles. The zero-order valence-corrected chi connectivity index (χ0v) is 8.09. The summed E-state index contributed by atoms with van der Waals surface area (Å²) in [6, 6.07) is 0. The van der Waals surface area contributed by atoms with Crippen molar-refractivity contribution in [2.75, 3.05) is 14.2 Å². The van der Waals surface area contributed by atoms with Crippen LogP contribution in [0.3, 0.4) is 0 Å². The van der Waals surface area contributed by atoms with Crippen LogP contribution < -0.4 is 0 Å². The molecule has 0 aromatic carbocycles. The molecule has 1 aliphatic rings. The van der Waals surface area contributed by atoms with Crippen LogP contribution >= 0.6 is 0 Å². The first kappa shape index (κ1) is 9.55. The van der Waals surface area contributed by atoms with Crippen molar-refractivity contribution in [1.82, 2.24) is 0 Å². The summed E-state index contributed by atoms with van der Waals surface area (Å²) in [6.45, 7) is 3.94. The maximum Gasteiger partial charge on any atom is 0.329 e. The standard InChI is InChI=1S/C9H16O3/c1-7-5-6-8(2)12-9(7,10-3)11-4/h6-7H,5H2,1-4H3. The second-order valence-corrected chi connectivity index (χ2v) is 3.07. The van der Waals surface area contributed by atoms with E-state index in [1.807, 2.05) is 19.9 Å². The first-order valence-corrected chi connectivity index (χ1v) is 4.10. The maximum absolute atomic E-state index is 5.50. The zero-order chi connectivity index (χ0) is 9.19. The van der Waals surface area contributed by atoms with Crippen molar-refractivity contribution < 1.29 is 14.2 Å². The molecule has 0 saturated carbocycles. The van der Waals surface area contributed by atoms with Crippen molar-refractivity contribution >= 4 is 0 Å². The van der Waals surface area contributed by atoms with Gasteiger partial charge in [0, 0.05) is 14.2 Å². The molecule has 1 rings (SSSR count). The van der Waals surface area contributed by atoms with E-state index < -0.39 is 5.97 Å². The first-order chi connectivity index (χ1) is 5.64. The molecule has 0 fully saturated rings. The summed E-state index contributed by atoms with van der Waals surface area (Å²) in [5, 5.41) is 0. The Labute approximate surface area is 73.3 Å². The third-order valence-electron chi connectivity index (χ3n) is 2.23. The molecule has 0 N–H and O–H groups in total. The molecule has 12 heavy (non-hydrogen) atoms. The second-order valence-electron chi connectivity index (χ2n) is 3.07. The van der Waals surface area contributed by atoms with Gasteiger partial charge >= 0.3 is 5.97 Å². The summed E-state index contributed by atoms with van der Waals surface area (Å²) >= 11 is 0. The number of allylic oxidation sites excluding steroid dienone is 2. The highest BCUT2D eigenvalue weighted by atomic mass is 16.9. The molecule has 1 aliphatic heterocycles. The lowest BCUT2D eigenvalue weighted by Crippen LogP contribution is -2.44. The molecule has 1 atom stereocenters. The third kappa shape index (κ3) is 1.47. The Morgan fingerprint density at radius 1 is 1.50 bits per heavy atom. The molecule has 3 heteroatoms. The minimum absolute atomic E-state index is 0.219. The van der Waals surface area contributed by atoms with Crippen LogP contribution in [0.25, 0.3) is 0 Å². The molecule has 0 spiro atoms. The summed E-state index contributed by atoms with van der Waals surface area (Å²) in [5.41, 5.74) is 0. The van der Waals surface area contributed by atoms with E-state index >= 15 is 0 Å². The van der Waals surface area contributed by atoms with Gasteiger partial charge in [-0.2, -0.15) is 0 Å². The van der Waals surface area contributed by atoms with Gasteiger partial charge < -0.3 is 14.2 Å². The smallest absolute Gasteiger partial charge is 0.329 e. The largest absolute Gasteiger partial charge is 0.444 e. The molecule has 0 bridgehead atoms. The van der Waals surface area contributed by atoms with Gasteiger partial charge in [0.05, 0.1) is 11.7 Å². The fourth-order valence-corrected chi connectivity index (χ4v) is 1.42. The summed E-state index contributed by atoms with van der Waals surface area (Å²) in [5.74, 6) is 0.201. The topological polar surface area (TPSA) is 27.7 Å². The molecule has 0 radical (unpaired) electrons. The first-order valence-electron chi connectivity index (χ1n) is 4.10. The van der Waals surface area contributed by atoms with Gasteiger partial charge in [-0.15, -0.1) is 0 Å². The van der Waals surface area contributed by atoms with E-state index in [1.54, 1.807) is 14.2 Å². The molecule has 0 aromatic heterocycles. The SMILES string of the molecule is COC1(OC)OC(C)=CCC1C. The Hall–Kier alpha value is -0.540. The van der Waals surface area contributed by atoms with Crippen LogP contribution in [0.5, 0.6) is 0 Å². The van der Waals surface area contributed by atoms with E-state index in [0.717, 1.165) is 12.2 Å². The van der Waals surface area contributed by atoms with Crippen LogP contribution in [0.15, 0.2) is 11.8 Å². The second kappa shape index (κ2) is 3.46. The van der Waals surface area contributed by atoms with Crippen molar-refractivity contribution in [2.45, 2.75) is 26.2 Å². The van der Waals surface area contributed by atoms with Gasteiger partial charge in [-0.3, -0.25) is 0 Å². The molecule has 1 unspecified atom stereocenters. The number of ether oxygens (including phenoxy) is 3. The predicted octanol–water partition coefficient (Wildman–Crippen LogP) is 1.89. The average molecular weight is 172 g/mol. The van der Waals surface area contributed by atoms with Crippen LogP contribution in [-0.2, 0) is 14.2 Å². The lowest BCUT2D eigenvalue weighted by atomic mass is 10.0. The lowest BCUT2D eigenvalue weighted by molar-refractivity contribution is -0.375.